The van der Waals surface area contributed by atoms with Crippen molar-refractivity contribution < 1.29 is 0 Å². The van der Waals surface area contributed by atoms with E-state index in [0.29, 0.717) is 0 Å². The number of hydrogen-bond acceptors (Lipinski definition) is 2. The van der Waals surface area contributed by atoms with Gasteiger partial charge in [-0.15, -0.1) is 11.3 Å². The third-order valence-electron chi connectivity index (χ3n) is 14.2. The Labute approximate surface area is 403 Å². The van der Waals surface area contributed by atoms with E-state index in [-0.39, 0.29) is 0 Å². The van der Waals surface area contributed by atoms with Crippen molar-refractivity contribution in [3.05, 3.63) is 255 Å². The third-order valence-corrected chi connectivity index (χ3v) is 15.5. The molecule has 0 unspecified atom stereocenters. The van der Waals surface area contributed by atoms with Crippen LogP contribution in [0.1, 0.15) is 0 Å². The van der Waals surface area contributed by atoms with Gasteiger partial charge in [-0.05, 0) is 121 Å². The van der Waals surface area contributed by atoms with Gasteiger partial charge < -0.3 is 9.47 Å². The van der Waals surface area contributed by atoms with E-state index in [4.69, 9.17) is 0 Å². The van der Waals surface area contributed by atoms with Crippen LogP contribution >= 0.6 is 11.3 Å². The topological polar surface area (TPSA) is 8.17 Å². The van der Waals surface area contributed by atoms with Gasteiger partial charge in [0, 0.05) is 53.6 Å². The van der Waals surface area contributed by atoms with Gasteiger partial charge in [0.2, 0.25) is 0 Å². The van der Waals surface area contributed by atoms with Gasteiger partial charge in [-0.25, -0.2) is 0 Å². The Morgan fingerprint density at radius 1 is 0.275 bits per heavy atom. The van der Waals surface area contributed by atoms with Crippen LogP contribution in [0.2, 0.25) is 0 Å². The molecule has 0 atom stereocenters. The SMILES string of the molecule is c1cc(-c2ccc3c(ccc4ccccc43)c2)cc(N(c2ccc(-c3ccccc3-n3c4ccccc4c4ccccc43)cc2)c2ccc(-c3cccc4c3sc3c5ccccc5ccc43)cc2)c1. The van der Waals surface area contributed by atoms with E-state index in [0.717, 1.165) is 28.3 Å². The Kier molecular flexibility index (Phi) is 9.11. The minimum atomic E-state index is 1.08. The minimum Gasteiger partial charge on any atom is -0.310 e. The summed E-state index contributed by atoms with van der Waals surface area (Å²) in [5.41, 5.74) is 14.0. The van der Waals surface area contributed by atoms with Gasteiger partial charge in [-0.2, -0.15) is 0 Å². The number of benzene rings is 12. The maximum atomic E-state index is 2.42. The van der Waals surface area contributed by atoms with Crippen molar-refractivity contribution in [2.45, 2.75) is 0 Å². The summed E-state index contributed by atoms with van der Waals surface area (Å²) < 4.78 is 5.09. The number of nitrogens with zero attached hydrogens (tertiary/aromatic N) is 2. The second kappa shape index (κ2) is 16.0. The molecular weight excluding hydrogens is 853 g/mol. The van der Waals surface area contributed by atoms with Crippen LogP contribution in [0.15, 0.2) is 255 Å². The summed E-state index contributed by atoms with van der Waals surface area (Å²) in [6, 6.07) is 93.7. The smallest absolute Gasteiger partial charge is 0.0541 e. The molecule has 0 aliphatic rings. The summed E-state index contributed by atoms with van der Waals surface area (Å²) >= 11 is 1.91. The van der Waals surface area contributed by atoms with E-state index in [9.17, 15) is 0 Å². The number of anilines is 3. The fourth-order valence-corrected chi connectivity index (χ4v) is 12.3. The highest BCUT2D eigenvalue weighted by Gasteiger charge is 2.19. The first-order valence-corrected chi connectivity index (χ1v) is 24.5. The molecule has 0 N–H and O–H groups in total. The molecule has 0 fully saturated rings. The monoisotopic (exact) mass is 894 g/mol. The zero-order valence-corrected chi connectivity index (χ0v) is 38.4. The van der Waals surface area contributed by atoms with Crippen LogP contribution in [0.25, 0.3) is 113 Å². The molecule has 0 amide bonds. The molecule has 0 saturated carbocycles. The Balaban J connectivity index is 0.887. The Morgan fingerprint density at radius 3 is 1.52 bits per heavy atom. The first-order valence-electron chi connectivity index (χ1n) is 23.7. The summed E-state index contributed by atoms with van der Waals surface area (Å²) in [6.45, 7) is 0. The van der Waals surface area contributed by atoms with E-state index in [1.807, 2.05) is 11.3 Å². The molecule has 0 spiro atoms. The molecule has 2 aromatic heterocycles. The highest BCUT2D eigenvalue weighted by molar-refractivity contribution is 7.27. The first kappa shape index (κ1) is 39.4. The Hall–Kier alpha value is -8.76. The van der Waals surface area contributed by atoms with Crippen molar-refractivity contribution in [2.75, 3.05) is 4.90 Å². The van der Waals surface area contributed by atoms with E-state index < -0.39 is 0 Å². The fraction of sp³-hybridized carbons (Fsp3) is 0. The van der Waals surface area contributed by atoms with Crippen molar-refractivity contribution in [3.8, 4) is 39.1 Å². The highest BCUT2D eigenvalue weighted by atomic mass is 32.1. The third kappa shape index (κ3) is 6.47. The number of thiophene rings is 1. The lowest BCUT2D eigenvalue weighted by Crippen LogP contribution is -2.10. The van der Waals surface area contributed by atoms with Gasteiger partial charge in [0.15, 0.2) is 0 Å². The highest BCUT2D eigenvalue weighted by Crippen LogP contribution is 2.45. The van der Waals surface area contributed by atoms with Crippen molar-refractivity contribution in [1.82, 2.24) is 4.57 Å². The fourth-order valence-electron chi connectivity index (χ4n) is 10.9. The van der Waals surface area contributed by atoms with Crippen LogP contribution in [-0.4, -0.2) is 4.57 Å². The van der Waals surface area contributed by atoms with Gasteiger partial charge >= 0.3 is 0 Å². The normalized spacial score (nSPS) is 11.8. The van der Waals surface area contributed by atoms with Crippen LogP contribution in [0, 0.1) is 0 Å². The van der Waals surface area contributed by atoms with Crippen LogP contribution in [0.3, 0.4) is 0 Å². The molecule has 0 aliphatic heterocycles. The van der Waals surface area contributed by atoms with Crippen LogP contribution in [0.4, 0.5) is 17.1 Å². The molecule has 0 bridgehead atoms. The molecule has 0 aliphatic carbocycles. The van der Waals surface area contributed by atoms with E-state index >= 15 is 0 Å². The standard InChI is InChI=1S/C66H42N2S/c1-3-17-53-43(13-1)27-28-49-41-48(34-39-54(49)53)47-15-11-16-52(42-47)67(51-37-31-46(32-38-51)57-22-12-23-60-61-40-33-44-14-2-4-19-56(44)66(61)69-65(57)60)50-35-29-45(30-36-50)55-18-5-8-24-62(55)68-63-25-9-6-20-58(63)59-21-7-10-26-64(59)68/h1-42H. The molecule has 12 aromatic carbocycles. The van der Waals surface area contributed by atoms with Crippen molar-refractivity contribution in [2.24, 2.45) is 0 Å². The summed E-state index contributed by atoms with van der Waals surface area (Å²) in [4.78, 5) is 2.40. The lowest BCUT2D eigenvalue weighted by molar-refractivity contribution is 1.18. The van der Waals surface area contributed by atoms with E-state index in [1.54, 1.807) is 0 Å². The van der Waals surface area contributed by atoms with Crippen molar-refractivity contribution >= 4 is 103 Å². The minimum absolute atomic E-state index is 1.08. The number of fused-ring (bicyclic) bond motifs is 11. The molecule has 3 heteroatoms. The first-order chi connectivity index (χ1) is 34.2. The summed E-state index contributed by atoms with van der Waals surface area (Å²) in [6.07, 6.45) is 0. The molecule has 0 saturated heterocycles. The predicted molar refractivity (Wildman–Crippen MR) is 297 cm³/mol. The molecule has 0 radical (unpaired) electrons. The lowest BCUT2D eigenvalue weighted by Gasteiger charge is -2.26. The van der Waals surface area contributed by atoms with Gasteiger partial charge in [0.05, 0.1) is 16.7 Å². The largest absolute Gasteiger partial charge is 0.310 e. The van der Waals surface area contributed by atoms with Crippen molar-refractivity contribution in [3.63, 3.8) is 0 Å². The van der Waals surface area contributed by atoms with Gasteiger partial charge in [0.25, 0.3) is 0 Å². The Morgan fingerprint density at radius 2 is 0.768 bits per heavy atom. The number of rotatable bonds is 7. The molecule has 14 aromatic rings. The second-order valence-electron chi connectivity index (χ2n) is 18.0. The number of para-hydroxylation sites is 3. The van der Waals surface area contributed by atoms with Crippen LogP contribution in [-0.2, 0) is 0 Å². The molecule has 2 heterocycles. The average Bonchev–Trinajstić information content (AvgIpc) is 3.98. The maximum Gasteiger partial charge on any atom is 0.0541 e. The quantitative estimate of drug-likeness (QED) is 0.145. The molecule has 322 valence electrons. The molecule has 2 nitrogen and oxygen atoms in total. The summed E-state index contributed by atoms with van der Waals surface area (Å²) in [5.74, 6) is 0. The van der Waals surface area contributed by atoms with Gasteiger partial charge in [-0.3, -0.25) is 0 Å². The average molecular weight is 895 g/mol. The summed E-state index contributed by atoms with van der Waals surface area (Å²) in [7, 11) is 0. The molecular formula is C66H42N2S. The van der Waals surface area contributed by atoms with Gasteiger partial charge in [0.1, 0.15) is 0 Å². The molecule has 69 heavy (non-hydrogen) atoms. The van der Waals surface area contributed by atoms with Crippen LogP contribution in [0.5, 0.6) is 0 Å². The summed E-state index contributed by atoms with van der Waals surface area (Å²) in [5, 5.41) is 12.8. The zero-order chi connectivity index (χ0) is 45.4. The van der Waals surface area contributed by atoms with Crippen LogP contribution < -0.4 is 4.90 Å². The predicted octanol–water partition coefficient (Wildman–Crippen LogP) is 19.1. The molecule has 14 rings (SSSR count). The number of hydrogen-bond donors (Lipinski definition) is 0. The van der Waals surface area contributed by atoms with E-state index in [2.05, 4.69) is 264 Å². The van der Waals surface area contributed by atoms with Crippen molar-refractivity contribution in [1.29, 1.82) is 0 Å². The second-order valence-corrected chi connectivity index (χ2v) is 19.1. The van der Waals surface area contributed by atoms with E-state index in [1.165, 1.54) is 102 Å². The lowest BCUT2D eigenvalue weighted by atomic mass is 9.97. The Bertz CT molecular complexity index is 4260. The number of aromatic nitrogens is 1. The zero-order valence-electron chi connectivity index (χ0n) is 37.6. The van der Waals surface area contributed by atoms with Gasteiger partial charge in [-0.1, -0.05) is 194 Å². The maximum absolute atomic E-state index is 2.42.